The first-order valence-electron chi connectivity index (χ1n) is 8.56. The van der Waals surface area contributed by atoms with Crippen molar-refractivity contribution in [2.24, 2.45) is 5.41 Å². The number of ether oxygens (including phenoxy) is 1. The zero-order chi connectivity index (χ0) is 16.7. The first-order chi connectivity index (χ1) is 10.9. The summed E-state index contributed by atoms with van der Waals surface area (Å²) in [5.41, 5.74) is 0.373. The molecule has 3 rings (SSSR count). The highest BCUT2D eigenvalue weighted by atomic mass is 16.5. The van der Waals surface area contributed by atoms with Gasteiger partial charge >= 0.3 is 0 Å². The molecule has 1 amide bonds. The van der Waals surface area contributed by atoms with Gasteiger partial charge in [-0.25, -0.2) is 0 Å². The average Bonchev–Trinajstić information content (AvgIpc) is 2.96. The molecule has 0 unspecified atom stereocenters. The molecule has 2 atom stereocenters. The Morgan fingerprint density at radius 2 is 2.30 bits per heavy atom. The smallest absolute Gasteiger partial charge is 0.254 e. The third-order valence-corrected chi connectivity index (χ3v) is 5.66. The van der Waals surface area contributed by atoms with Crippen LogP contribution in [0.25, 0.3) is 0 Å². The number of carbonyl (C=O) groups is 1. The van der Waals surface area contributed by atoms with Crippen LogP contribution in [-0.4, -0.2) is 45.7 Å². The second-order valence-electron chi connectivity index (χ2n) is 7.27. The van der Waals surface area contributed by atoms with Crippen LogP contribution >= 0.6 is 0 Å². The molecular weight excluding hydrogens is 294 g/mol. The zero-order valence-electron chi connectivity index (χ0n) is 14.3. The van der Waals surface area contributed by atoms with Gasteiger partial charge in [0.25, 0.3) is 5.91 Å². The molecule has 1 aromatic rings. The van der Waals surface area contributed by atoms with Crippen molar-refractivity contribution in [3.05, 3.63) is 17.5 Å². The van der Waals surface area contributed by atoms with Gasteiger partial charge in [0.05, 0.1) is 29.2 Å². The summed E-state index contributed by atoms with van der Waals surface area (Å²) in [6.07, 6.45) is 5.35. The largest absolute Gasteiger partial charge is 0.387 e. The van der Waals surface area contributed by atoms with Crippen LogP contribution in [0.3, 0.4) is 0 Å². The minimum Gasteiger partial charge on any atom is -0.387 e. The fraction of sp³-hybridized carbons (Fsp3) is 0.765. The third kappa shape index (κ3) is 2.68. The van der Waals surface area contributed by atoms with Crippen molar-refractivity contribution < 1.29 is 14.6 Å². The Balaban J connectivity index is 1.63. The van der Waals surface area contributed by atoms with E-state index in [9.17, 15) is 9.90 Å². The molecule has 2 N–H and O–H groups in total. The fourth-order valence-corrected chi connectivity index (χ4v) is 3.69. The molecule has 23 heavy (non-hydrogen) atoms. The van der Waals surface area contributed by atoms with Crippen LogP contribution in [0.15, 0.2) is 6.20 Å². The van der Waals surface area contributed by atoms with Crippen LogP contribution in [0.4, 0.5) is 0 Å². The van der Waals surface area contributed by atoms with Crippen molar-refractivity contribution in [2.45, 2.75) is 64.7 Å². The Hall–Kier alpha value is -1.40. The summed E-state index contributed by atoms with van der Waals surface area (Å²) >= 11 is 0. The van der Waals surface area contributed by atoms with Crippen LogP contribution in [-0.2, 0) is 17.7 Å². The Morgan fingerprint density at radius 1 is 1.52 bits per heavy atom. The summed E-state index contributed by atoms with van der Waals surface area (Å²) in [7, 11) is 0. The van der Waals surface area contributed by atoms with E-state index in [-0.39, 0.29) is 24.0 Å². The van der Waals surface area contributed by atoms with E-state index >= 15 is 0 Å². The zero-order valence-corrected chi connectivity index (χ0v) is 14.3. The Morgan fingerprint density at radius 3 is 3.00 bits per heavy atom. The van der Waals surface area contributed by atoms with Crippen LogP contribution in [0, 0.1) is 5.41 Å². The molecule has 2 heterocycles. The van der Waals surface area contributed by atoms with Crippen LogP contribution in [0.5, 0.6) is 0 Å². The van der Waals surface area contributed by atoms with Gasteiger partial charge < -0.3 is 15.2 Å². The van der Waals surface area contributed by atoms with E-state index < -0.39 is 5.60 Å². The molecular formula is C17H27N3O3. The predicted octanol–water partition coefficient (Wildman–Crippen LogP) is 1.52. The van der Waals surface area contributed by atoms with Gasteiger partial charge in [0.1, 0.15) is 0 Å². The molecule has 1 aliphatic heterocycles. The monoisotopic (exact) mass is 321 g/mol. The van der Waals surface area contributed by atoms with E-state index in [1.54, 1.807) is 6.20 Å². The Labute approximate surface area is 137 Å². The Kier molecular flexibility index (Phi) is 4.23. The highest BCUT2D eigenvalue weighted by molar-refractivity contribution is 5.95. The van der Waals surface area contributed by atoms with Gasteiger partial charge in [-0.05, 0) is 26.2 Å². The fourth-order valence-electron chi connectivity index (χ4n) is 3.69. The van der Waals surface area contributed by atoms with Crippen molar-refractivity contribution >= 4 is 5.91 Å². The molecule has 6 heteroatoms. The number of hydrogen-bond donors (Lipinski definition) is 2. The minimum atomic E-state index is -0.921. The van der Waals surface area contributed by atoms with Crippen molar-refractivity contribution in [2.75, 3.05) is 13.2 Å². The summed E-state index contributed by atoms with van der Waals surface area (Å²) in [4.78, 5) is 12.5. The first-order valence-corrected chi connectivity index (χ1v) is 8.56. The van der Waals surface area contributed by atoms with Crippen molar-refractivity contribution in [3.63, 3.8) is 0 Å². The number of aliphatic hydroxyl groups is 1. The van der Waals surface area contributed by atoms with Gasteiger partial charge in [-0.2, -0.15) is 5.10 Å². The maximum absolute atomic E-state index is 12.5. The molecule has 2 aliphatic rings. The highest BCUT2D eigenvalue weighted by Gasteiger charge is 2.59. The molecule has 128 valence electrons. The maximum Gasteiger partial charge on any atom is 0.254 e. The number of fused-ring (bicyclic) bond motifs is 1. The van der Waals surface area contributed by atoms with Crippen molar-refractivity contribution in [1.29, 1.82) is 0 Å². The highest BCUT2D eigenvalue weighted by Crippen LogP contribution is 2.50. The lowest BCUT2D eigenvalue weighted by Gasteiger charge is -2.57. The number of aromatic nitrogens is 2. The van der Waals surface area contributed by atoms with Gasteiger partial charge in [0.2, 0.25) is 0 Å². The maximum atomic E-state index is 12.5. The summed E-state index contributed by atoms with van der Waals surface area (Å²) in [5, 5.41) is 18.0. The second kappa shape index (κ2) is 5.91. The number of rotatable bonds is 5. The van der Waals surface area contributed by atoms with E-state index in [0.29, 0.717) is 18.6 Å². The number of nitrogens with one attached hydrogen (secondary N) is 1. The predicted molar refractivity (Wildman–Crippen MR) is 86.3 cm³/mol. The van der Waals surface area contributed by atoms with E-state index in [1.807, 2.05) is 25.5 Å². The normalized spacial score (nSPS) is 28.8. The average molecular weight is 321 g/mol. The van der Waals surface area contributed by atoms with Crippen LogP contribution < -0.4 is 5.32 Å². The van der Waals surface area contributed by atoms with E-state index in [0.717, 1.165) is 31.5 Å². The second-order valence-corrected chi connectivity index (χ2v) is 7.27. The lowest BCUT2D eigenvalue weighted by atomic mass is 9.56. The minimum absolute atomic E-state index is 0.0401. The molecule has 1 fully saturated rings. The number of hydrogen-bond acceptors (Lipinski definition) is 4. The van der Waals surface area contributed by atoms with Gasteiger partial charge in [-0.15, -0.1) is 0 Å². The van der Waals surface area contributed by atoms with Gasteiger partial charge in [0.15, 0.2) is 0 Å². The number of aryl methyl sites for hydroxylation is 1. The molecule has 0 radical (unpaired) electrons. The van der Waals surface area contributed by atoms with Crippen LogP contribution in [0.1, 0.15) is 56.1 Å². The SMILES string of the molecule is CCO[C@H]1C[C@](O)(CNC(=O)c2cnn3c2CCCC3)C1(C)C. The number of carbonyl (C=O) groups excluding carboxylic acids is 1. The molecule has 0 bridgehead atoms. The van der Waals surface area contributed by atoms with Gasteiger partial charge in [-0.1, -0.05) is 13.8 Å². The van der Waals surface area contributed by atoms with E-state index in [2.05, 4.69) is 10.4 Å². The van der Waals surface area contributed by atoms with E-state index in [4.69, 9.17) is 4.74 Å². The van der Waals surface area contributed by atoms with Crippen molar-refractivity contribution in [1.82, 2.24) is 15.1 Å². The molecule has 6 nitrogen and oxygen atoms in total. The Bertz CT molecular complexity index is 596. The van der Waals surface area contributed by atoms with Crippen LogP contribution in [0.2, 0.25) is 0 Å². The summed E-state index contributed by atoms with van der Waals surface area (Å²) in [6, 6.07) is 0. The standard InChI is InChI=1S/C17H27N3O3/c1-4-23-14-9-17(22,16(14,2)3)11-18-15(21)12-10-19-20-8-6-5-7-13(12)20/h10,14,22H,4-9,11H2,1-3H3,(H,18,21)/t14-,17-/m0/s1. The topological polar surface area (TPSA) is 76.4 Å². The molecule has 1 aliphatic carbocycles. The molecule has 0 aromatic carbocycles. The van der Waals surface area contributed by atoms with Crippen molar-refractivity contribution in [3.8, 4) is 0 Å². The summed E-state index contributed by atoms with van der Waals surface area (Å²) < 4.78 is 7.58. The molecule has 0 spiro atoms. The number of nitrogens with zero attached hydrogens (tertiary/aromatic N) is 2. The molecule has 0 saturated heterocycles. The van der Waals surface area contributed by atoms with Gasteiger partial charge in [0, 0.05) is 31.5 Å². The quantitative estimate of drug-likeness (QED) is 0.862. The first kappa shape index (κ1) is 16.5. The molecule has 1 aromatic heterocycles. The third-order valence-electron chi connectivity index (χ3n) is 5.66. The summed E-state index contributed by atoms with van der Waals surface area (Å²) in [6.45, 7) is 7.70. The van der Waals surface area contributed by atoms with E-state index in [1.165, 1.54) is 0 Å². The lowest BCUT2D eigenvalue weighted by molar-refractivity contribution is -0.237. The summed E-state index contributed by atoms with van der Waals surface area (Å²) in [5.74, 6) is -0.141. The molecule has 1 saturated carbocycles. The number of amides is 1. The lowest BCUT2D eigenvalue weighted by Crippen LogP contribution is -2.68. The van der Waals surface area contributed by atoms with Gasteiger partial charge in [-0.3, -0.25) is 9.48 Å².